The van der Waals surface area contributed by atoms with Gasteiger partial charge in [-0.15, -0.1) is 0 Å². The molecule has 27 heavy (non-hydrogen) atoms. The molecule has 2 aromatic rings. The van der Waals surface area contributed by atoms with E-state index in [-0.39, 0.29) is 29.4 Å². The van der Waals surface area contributed by atoms with E-state index < -0.39 is 9.84 Å². The molecule has 5 nitrogen and oxygen atoms in total. The van der Waals surface area contributed by atoms with Gasteiger partial charge in [0.2, 0.25) is 5.91 Å². The van der Waals surface area contributed by atoms with Gasteiger partial charge in [-0.05, 0) is 17.5 Å². The predicted molar refractivity (Wildman–Crippen MR) is 107 cm³/mol. The van der Waals surface area contributed by atoms with E-state index in [1.165, 1.54) is 0 Å². The van der Waals surface area contributed by atoms with Gasteiger partial charge in [-0.25, -0.2) is 13.4 Å². The van der Waals surface area contributed by atoms with Gasteiger partial charge in [-0.1, -0.05) is 60.7 Å². The lowest BCUT2D eigenvalue weighted by Crippen LogP contribution is -2.49. The molecule has 1 unspecified atom stereocenters. The van der Waals surface area contributed by atoms with Crippen LogP contribution in [0.25, 0.3) is 0 Å². The number of sulfone groups is 1. The van der Waals surface area contributed by atoms with E-state index in [1.807, 2.05) is 60.7 Å². The second-order valence-electron chi connectivity index (χ2n) is 7.22. The highest BCUT2D eigenvalue weighted by atomic mass is 32.2. The summed E-state index contributed by atoms with van der Waals surface area (Å²) in [6.07, 6.45) is 0.788. The largest absolute Gasteiger partial charge is 0.273 e. The van der Waals surface area contributed by atoms with Crippen LogP contribution >= 0.6 is 0 Å². The second kappa shape index (κ2) is 8.23. The summed E-state index contributed by atoms with van der Waals surface area (Å²) in [5.74, 6) is 0.0640. The molecule has 1 heterocycles. The molecule has 0 radical (unpaired) electrons. The molecular formula is C21H26N2O3S. The highest BCUT2D eigenvalue weighted by Gasteiger charge is 2.36. The summed E-state index contributed by atoms with van der Waals surface area (Å²) in [4.78, 5) is 13.2. The highest BCUT2D eigenvalue weighted by Crippen LogP contribution is 2.30. The Kier molecular flexibility index (Phi) is 5.97. The molecule has 0 bridgehead atoms. The van der Waals surface area contributed by atoms with Gasteiger partial charge in [0.25, 0.3) is 0 Å². The number of hydrogen-bond acceptors (Lipinski definition) is 4. The topological polar surface area (TPSA) is 57.7 Å². The zero-order chi connectivity index (χ0) is 19.4. The van der Waals surface area contributed by atoms with E-state index in [0.29, 0.717) is 12.8 Å². The van der Waals surface area contributed by atoms with Gasteiger partial charge in [0, 0.05) is 26.4 Å². The normalized spacial score (nSPS) is 18.7. The highest BCUT2D eigenvalue weighted by molar-refractivity contribution is 7.91. The number of amides is 1. The van der Waals surface area contributed by atoms with Gasteiger partial charge in [0.15, 0.2) is 9.84 Å². The minimum Gasteiger partial charge on any atom is -0.273 e. The molecule has 1 amide bonds. The molecule has 1 aliphatic heterocycles. The van der Waals surface area contributed by atoms with Gasteiger partial charge in [-0.3, -0.25) is 9.80 Å². The summed E-state index contributed by atoms with van der Waals surface area (Å²) in [6.45, 7) is 0. The van der Waals surface area contributed by atoms with Gasteiger partial charge >= 0.3 is 0 Å². The Bertz CT molecular complexity index is 827. The number of carbonyl (C=O) groups excluding carboxylic acids is 1. The number of nitrogens with zero attached hydrogens (tertiary/aromatic N) is 2. The van der Waals surface area contributed by atoms with Crippen molar-refractivity contribution in [2.45, 2.75) is 24.8 Å². The first-order valence-electron chi connectivity index (χ1n) is 9.17. The maximum atomic E-state index is 13.2. The van der Waals surface area contributed by atoms with E-state index in [9.17, 15) is 13.2 Å². The van der Waals surface area contributed by atoms with Crippen molar-refractivity contribution in [2.75, 3.05) is 25.6 Å². The fraction of sp³-hybridized carbons (Fsp3) is 0.381. The minimum absolute atomic E-state index is 0.0399. The second-order valence-corrected chi connectivity index (χ2v) is 9.45. The third-order valence-corrected chi connectivity index (χ3v) is 6.77. The number of hydrazine groups is 1. The van der Waals surface area contributed by atoms with Crippen LogP contribution < -0.4 is 0 Å². The van der Waals surface area contributed by atoms with E-state index >= 15 is 0 Å². The van der Waals surface area contributed by atoms with Gasteiger partial charge in [0.1, 0.15) is 0 Å². The van der Waals surface area contributed by atoms with Crippen molar-refractivity contribution in [3.63, 3.8) is 0 Å². The van der Waals surface area contributed by atoms with Crippen LogP contribution in [-0.4, -0.2) is 56.0 Å². The molecular weight excluding hydrogens is 360 g/mol. The molecule has 0 saturated carbocycles. The van der Waals surface area contributed by atoms with Gasteiger partial charge in [0.05, 0.1) is 17.5 Å². The zero-order valence-electron chi connectivity index (χ0n) is 15.8. The van der Waals surface area contributed by atoms with Crippen molar-refractivity contribution in [3.05, 3.63) is 71.8 Å². The standard InChI is InChI=1S/C21H26N2O3S/c1-22(2)23(19-13-14-27(25,26)16-19)21(24)15-20(17-9-5-3-6-10-17)18-11-7-4-8-12-18/h3-12,19-20H,13-16H2,1-2H3. The third-order valence-electron chi connectivity index (χ3n) is 5.02. The Hall–Kier alpha value is -2.18. The molecule has 6 heteroatoms. The van der Waals surface area contributed by atoms with Crippen LogP contribution in [0.4, 0.5) is 0 Å². The Labute approximate surface area is 161 Å². The van der Waals surface area contributed by atoms with Gasteiger partial charge in [-0.2, -0.15) is 0 Å². The van der Waals surface area contributed by atoms with Crippen molar-refractivity contribution >= 4 is 15.7 Å². The van der Waals surface area contributed by atoms with Crippen LogP contribution in [0.5, 0.6) is 0 Å². The first-order chi connectivity index (χ1) is 12.9. The lowest BCUT2D eigenvalue weighted by atomic mass is 9.88. The fourth-order valence-electron chi connectivity index (χ4n) is 3.79. The lowest BCUT2D eigenvalue weighted by molar-refractivity contribution is -0.149. The van der Waals surface area contributed by atoms with Gasteiger partial charge < -0.3 is 0 Å². The molecule has 0 aliphatic carbocycles. The molecule has 0 spiro atoms. The summed E-state index contributed by atoms with van der Waals surface area (Å²) in [6, 6.07) is 19.7. The van der Waals surface area contributed by atoms with Crippen molar-refractivity contribution in [3.8, 4) is 0 Å². The molecule has 0 aromatic heterocycles. The van der Waals surface area contributed by atoms with Crippen LogP contribution in [0.2, 0.25) is 0 Å². The maximum absolute atomic E-state index is 13.2. The number of rotatable bonds is 6. The number of carbonyl (C=O) groups is 1. The predicted octanol–water partition coefficient (Wildman–Crippen LogP) is 2.70. The Balaban J connectivity index is 1.87. The fourth-order valence-corrected chi connectivity index (χ4v) is 5.48. The minimum atomic E-state index is -3.06. The SMILES string of the molecule is CN(C)N(C(=O)CC(c1ccccc1)c1ccccc1)C1CCS(=O)(=O)C1. The van der Waals surface area contributed by atoms with E-state index in [4.69, 9.17) is 0 Å². The Morgan fingerprint density at radius 2 is 1.52 bits per heavy atom. The third kappa shape index (κ3) is 4.76. The van der Waals surface area contributed by atoms with Crippen LogP contribution in [0, 0.1) is 0 Å². The van der Waals surface area contributed by atoms with Crippen molar-refractivity contribution < 1.29 is 13.2 Å². The van der Waals surface area contributed by atoms with Crippen molar-refractivity contribution in [2.24, 2.45) is 0 Å². The zero-order valence-corrected chi connectivity index (χ0v) is 16.6. The quantitative estimate of drug-likeness (QED) is 0.717. The first-order valence-corrected chi connectivity index (χ1v) is 11.0. The average molecular weight is 387 g/mol. The summed E-state index contributed by atoms with van der Waals surface area (Å²) in [7, 11) is 0.528. The van der Waals surface area contributed by atoms with E-state index in [0.717, 1.165) is 11.1 Å². The Morgan fingerprint density at radius 3 is 1.93 bits per heavy atom. The number of benzene rings is 2. The summed E-state index contributed by atoms with van der Waals surface area (Å²) in [5.41, 5.74) is 2.16. The molecule has 1 fully saturated rings. The maximum Gasteiger partial charge on any atom is 0.238 e. The molecule has 1 atom stereocenters. The van der Waals surface area contributed by atoms with Crippen LogP contribution in [0.1, 0.15) is 29.9 Å². The van der Waals surface area contributed by atoms with Crippen molar-refractivity contribution in [1.29, 1.82) is 0 Å². The first kappa shape index (κ1) is 19.6. The van der Waals surface area contributed by atoms with Crippen LogP contribution in [0.15, 0.2) is 60.7 Å². The summed E-state index contributed by atoms with van der Waals surface area (Å²) < 4.78 is 23.8. The smallest absolute Gasteiger partial charge is 0.238 e. The molecule has 144 valence electrons. The van der Waals surface area contributed by atoms with Crippen LogP contribution in [-0.2, 0) is 14.6 Å². The van der Waals surface area contributed by atoms with E-state index in [2.05, 4.69) is 0 Å². The summed E-state index contributed by atoms with van der Waals surface area (Å²) in [5, 5.41) is 3.35. The average Bonchev–Trinajstić information content (AvgIpc) is 3.00. The molecule has 0 N–H and O–H groups in total. The van der Waals surface area contributed by atoms with Crippen molar-refractivity contribution in [1.82, 2.24) is 10.0 Å². The lowest BCUT2D eigenvalue weighted by Gasteiger charge is -2.35. The molecule has 2 aromatic carbocycles. The van der Waals surface area contributed by atoms with Crippen LogP contribution in [0.3, 0.4) is 0 Å². The monoisotopic (exact) mass is 386 g/mol. The molecule has 1 saturated heterocycles. The van der Waals surface area contributed by atoms with E-state index in [1.54, 1.807) is 24.1 Å². The Morgan fingerprint density at radius 1 is 1.00 bits per heavy atom. The molecule has 3 rings (SSSR count). The number of hydrogen-bond donors (Lipinski definition) is 0. The molecule has 1 aliphatic rings. The summed E-state index contributed by atoms with van der Waals surface area (Å²) >= 11 is 0.